The number of H-pyrrole nitrogens is 1. The van der Waals surface area contributed by atoms with Crippen LogP contribution in [0.2, 0.25) is 0 Å². The lowest BCUT2D eigenvalue weighted by molar-refractivity contribution is -0.123. The molecule has 2 aliphatic heterocycles. The topological polar surface area (TPSA) is 135 Å². The van der Waals surface area contributed by atoms with Crippen molar-refractivity contribution in [1.29, 1.82) is 0 Å². The number of fused-ring (bicyclic) bond motifs is 10. The van der Waals surface area contributed by atoms with Gasteiger partial charge in [-0.3, -0.25) is 24.1 Å². The predicted octanol–water partition coefficient (Wildman–Crippen LogP) is 7.22. The summed E-state index contributed by atoms with van der Waals surface area (Å²) in [5, 5.41) is 5.67. The molecule has 268 valence electrons. The minimum Gasteiger partial charge on any atom is -0.483 e. The third kappa shape index (κ3) is 5.62. The summed E-state index contributed by atoms with van der Waals surface area (Å²) in [6.07, 6.45) is 0.720. The van der Waals surface area contributed by atoms with Crippen LogP contribution in [-0.4, -0.2) is 47.1 Å². The average Bonchev–Trinajstić information content (AvgIpc) is 3.90. The molecule has 5 aromatic rings. The Morgan fingerprint density at radius 1 is 0.943 bits per heavy atom. The number of carbonyl (C=O) groups is 4. The molecule has 3 fully saturated rings. The number of thioether (sulfide) groups is 1. The number of hydrogen-bond acceptors (Lipinski definition) is 9. The molecule has 3 heterocycles. The molecular formula is C40H32BrN3O7S2. The molecule has 2 N–H and O–H groups in total. The van der Waals surface area contributed by atoms with Crippen molar-refractivity contribution in [3.63, 3.8) is 0 Å². The first-order valence-electron chi connectivity index (χ1n) is 17.5. The van der Waals surface area contributed by atoms with E-state index in [2.05, 4.69) is 26.2 Å². The van der Waals surface area contributed by atoms with Crippen molar-refractivity contribution in [3.8, 4) is 5.75 Å². The Balaban J connectivity index is 1.02. The van der Waals surface area contributed by atoms with Crippen LogP contribution in [0.25, 0.3) is 10.8 Å². The van der Waals surface area contributed by atoms with Crippen LogP contribution in [0.4, 0.5) is 11.4 Å². The smallest absolute Gasteiger partial charge is 0.338 e. The van der Waals surface area contributed by atoms with Crippen molar-refractivity contribution in [2.24, 2.45) is 29.6 Å². The molecule has 13 heteroatoms. The van der Waals surface area contributed by atoms with E-state index in [1.54, 1.807) is 43.0 Å². The number of aromatic amines is 1. The molecule has 3 amide bonds. The summed E-state index contributed by atoms with van der Waals surface area (Å²) in [6.45, 7) is 1.74. The van der Waals surface area contributed by atoms with Gasteiger partial charge < -0.3 is 19.8 Å². The molecule has 2 bridgehead atoms. The van der Waals surface area contributed by atoms with E-state index in [0.717, 1.165) is 48.5 Å². The van der Waals surface area contributed by atoms with Crippen LogP contribution in [0.5, 0.6) is 5.75 Å². The number of carbonyl (C=O) groups excluding carboxylic acids is 4. The zero-order chi connectivity index (χ0) is 36.5. The van der Waals surface area contributed by atoms with Crippen LogP contribution in [0.1, 0.15) is 40.1 Å². The van der Waals surface area contributed by atoms with Gasteiger partial charge >= 0.3 is 10.8 Å². The van der Waals surface area contributed by atoms with Crippen LogP contribution in [-0.2, 0) is 19.1 Å². The number of nitrogens with one attached hydrogen (secondary N) is 2. The molecule has 9 rings (SSSR count). The number of thiazole rings is 1. The van der Waals surface area contributed by atoms with Gasteiger partial charge in [-0.05, 0) is 85.0 Å². The number of rotatable bonds is 8. The van der Waals surface area contributed by atoms with Crippen molar-refractivity contribution < 1.29 is 28.7 Å². The molecule has 2 aliphatic carbocycles. The van der Waals surface area contributed by atoms with Gasteiger partial charge in [0.25, 0.3) is 5.91 Å². The molecule has 10 nitrogen and oxygen atoms in total. The molecule has 7 atom stereocenters. The molecule has 1 aromatic heterocycles. The summed E-state index contributed by atoms with van der Waals surface area (Å²) in [4.78, 5) is 71.9. The quantitative estimate of drug-likeness (QED) is 0.124. The third-order valence-electron chi connectivity index (χ3n) is 11.1. The van der Waals surface area contributed by atoms with Crippen molar-refractivity contribution in [3.05, 3.63) is 115 Å². The van der Waals surface area contributed by atoms with Crippen molar-refractivity contribution in [1.82, 2.24) is 4.98 Å². The van der Waals surface area contributed by atoms with Crippen LogP contribution >= 0.6 is 39.0 Å². The van der Waals surface area contributed by atoms with Gasteiger partial charge in [-0.2, -0.15) is 0 Å². The summed E-state index contributed by atoms with van der Waals surface area (Å²) >= 11 is 6.41. The number of aromatic nitrogens is 1. The highest BCUT2D eigenvalue weighted by molar-refractivity contribution is 9.10. The molecule has 4 aromatic carbocycles. The van der Waals surface area contributed by atoms with Crippen molar-refractivity contribution >= 4 is 84.9 Å². The molecule has 0 unspecified atom stereocenters. The zero-order valence-electron chi connectivity index (χ0n) is 28.2. The number of nitrogens with zero attached hydrogens (tertiary/aromatic N) is 1. The summed E-state index contributed by atoms with van der Waals surface area (Å²) in [6, 6.07) is 25.6. The van der Waals surface area contributed by atoms with E-state index in [1.165, 1.54) is 4.90 Å². The Kier molecular flexibility index (Phi) is 8.55. The number of anilines is 2. The first-order chi connectivity index (χ1) is 25.7. The minimum absolute atomic E-state index is 0.0339. The van der Waals surface area contributed by atoms with Gasteiger partial charge in [-0.25, -0.2) is 4.79 Å². The van der Waals surface area contributed by atoms with E-state index in [0.29, 0.717) is 22.7 Å². The molecule has 4 aliphatic rings. The standard InChI is InChI=1S/C40H32BrN3O7S2/c1-2-50-39(48)20-10-13-22(14-11-20)44-37(46)32-25-17-26(33(32)38(44)47)34-31(25)30(35-36(52-34)43-40(49)53-35)24-16-21(41)12-15-28(24)51-18-29(45)42-27-9-5-7-19-6-3-4-8-23(19)27/h3-16,25-26,30-34H,2,17-18H2,1H3,(H,42,45)(H,43,49)/t25-,26-,30+,31-,32+,33+,34-/m1/s1. The lowest BCUT2D eigenvalue weighted by Crippen LogP contribution is -2.42. The van der Waals surface area contributed by atoms with Crippen LogP contribution in [0.3, 0.4) is 0 Å². The third-order valence-corrected chi connectivity index (χ3v) is 14.2. The fourth-order valence-corrected chi connectivity index (χ4v) is 12.4. The predicted molar refractivity (Wildman–Crippen MR) is 206 cm³/mol. The monoisotopic (exact) mass is 809 g/mol. The van der Waals surface area contributed by atoms with Gasteiger partial charge in [-0.15, -0.1) is 11.8 Å². The van der Waals surface area contributed by atoms with E-state index < -0.39 is 17.8 Å². The Labute approximate surface area is 320 Å². The number of esters is 1. The normalized spacial score (nSPS) is 25.2. The number of ether oxygens (including phenoxy) is 2. The Morgan fingerprint density at radius 3 is 2.49 bits per heavy atom. The van der Waals surface area contributed by atoms with Gasteiger partial charge in [0.15, 0.2) is 6.61 Å². The van der Waals surface area contributed by atoms with Gasteiger partial charge in [0.2, 0.25) is 11.8 Å². The average molecular weight is 811 g/mol. The largest absolute Gasteiger partial charge is 0.483 e. The van der Waals surface area contributed by atoms with E-state index in [-0.39, 0.29) is 64.7 Å². The first-order valence-corrected chi connectivity index (χ1v) is 19.9. The number of benzene rings is 4. The lowest BCUT2D eigenvalue weighted by atomic mass is 9.68. The summed E-state index contributed by atoms with van der Waals surface area (Å²) in [5.41, 5.74) is 2.29. The van der Waals surface area contributed by atoms with E-state index in [9.17, 15) is 24.0 Å². The fraction of sp³-hybridized carbons (Fsp3) is 0.275. The summed E-state index contributed by atoms with van der Waals surface area (Å²) in [5.74, 6) is -2.31. The number of hydrogen-bond donors (Lipinski definition) is 2. The van der Waals surface area contributed by atoms with Crippen molar-refractivity contribution in [2.45, 2.75) is 29.5 Å². The highest BCUT2D eigenvalue weighted by Crippen LogP contribution is 2.69. The fourth-order valence-electron chi connectivity index (χ4n) is 9.14. The van der Waals surface area contributed by atoms with Crippen LogP contribution in [0.15, 0.2) is 99.2 Å². The molecule has 1 saturated heterocycles. The van der Waals surface area contributed by atoms with Gasteiger partial charge in [0.1, 0.15) is 5.75 Å². The first kappa shape index (κ1) is 34.1. The number of amides is 3. The van der Waals surface area contributed by atoms with Crippen molar-refractivity contribution in [2.75, 3.05) is 23.4 Å². The van der Waals surface area contributed by atoms with E-state index >= 15 is 0 Å². The second kappa shape index (κ2) is 13.3. The maximum Gasteiger partial charge on any atom is 0.338 e. The van der Waals surface area contributed by atoms with Gasteiger partial charge in [0, 0.05) is 37.2 Å². The maximum atomic E-state index is 14.3. The number of imide groups is 1. The molecule has 2 saturated carbocycles. The van der Waals surface area contributed by atoms with Gasteiger partial charge in [-0.1, -0.05) is 63.7 Å². The molecular weight excluding hydrogens is 778 g/mol. The Morgan fingerprint density at radius 2 is 1.70 bits per heavy atom. The highest BCUT2D eigenvalue weighted by Gasteiger charge is 2.70. The van der Waals surface area contributed by atoms with E-state index in [4.69, 9.17) is 9.47 Å². The second-order valence-corrected chi connectivity index (χ2v) is 16.9. The zero-order valence-corrected chi connectivity index (χ0v) is 31.5. The second-order valence-electron chi connectivity index (χ2n) is 13.8. The Bertz CT molecular complexity index is 2390. The maximum absolute atomic E-state index is 14.3. The Hall–Kier alpha value is -4.72. The number of halogens is 1. The van der Waals surface area contributed by atoms with Gasteiger partial charge in [0.05, 0.1) is 34.7 Å². The van der Waals surface area contributed by atoms with E-state index in [1.807, 2.05) is 60.7 Å². The SMILES string of the molecule is CCOC(=O)c1ccc(N2C(=O)[C@H]3[C@H]4C[C@@H]([C@@H]3C2=O)[C@@H]2[C@H](c3cc(Br)ccc3OCC(=O)Nc3cccc5ccccc35)c3sc(=O)[nH]c3S[C@H]42)cc1. The highest BCUT2D eigenvalue weighted by atomic mass is 79.9. The lowest BCUT2D eigenvalue weighted by Gasteiger charge is -2.43. The molecule has 53 heavy (non-hydrogen) atoms. The minimum atomic E-state index is -0.512. The summed E-state index contributed by atoms with van der Waals surface area (Å²) < 4.78 is 12.2. The van der Waals surface area contributed by atoms with Crippen LogP contribution < -0.4 is 19.8 Å². The van der Waals surface area contributed by atoms with Crippen LogP contribution in [0, 0.1) is 29.6 Å². The summed E-state index contributed by atoms with van der Waals surface area (Å²) in [7, 11) is 0. The molecule has 0 radical (unpaired) electrons. The molecule has 0 spiro atoms.